The highest BCUT2D eigenvalue weighted by Gasteiger charge is 2.29. The molecule has 0 aliphatic heterocycles. The molecule has 1 aliphatic carbocycles. The number of carboxylic acids is 1. The molecule has 5 heteroatoms. The van der Waals surface area contributed by atoms with Gasteiger partial charge >= 0.3 is 5.97 Å². The summed E-state index contributed by atoms with van der Waals surface area (Å²) in [5, 5.41) is 9.14. The van der Waals surface area contributed by atoms with E-state index in [1.165, 1.54) is 13.2 Å². The van der Waals surface area contributed by atoms with Crippen molar-refractivity contribution in [3.8, 4) is 5.75 Å². The molecule has 1 atom stereocenters. The Morgan fingerprint density at radius 1 is 1.48 bits per heavy atom. The number of halogens is 1. The van der Waals surface area contributed by atoms with Gasteiger partial charge in [0.15, 0.2) is 11.6 Å². The van der Waals surface area contributed by atoms with Crippen molar-refractivity contribution in [2.45, 2.75) is 44.7 Å². The van der Waals surface area contributed by atoms with Gasteiger partial charge in [0.1, 0.15) is 0 Å². The molecule has 2 rings (SSSR count). The molecule has 1 aliphatic rings. The Morgan fingerprint density at radius 3 is 2.67 bits per heavy atom. The molecule has 0 amide bonds. The lowest BCUT2D eigenvalue weighted by Gasteiger charge is -2.33. The standard InChI is InChI=1S/C16H22FNO3/c1-11(12-7-8-15(21-2)14(17)9-12)18(10-16(19)20)13-5-3-4-6-13/h7-9,11,13H,3-6,10H2,1-2H3,(H,19,20). The Morgan fingerprint density at radius 2 is 2.14 bits per heavy atom. The molecular formula is C16H22FNO3. The molecule has 1 aromatic rings. The first-order valence-electron chi connectivity index (χ1n) is 7.34. The Labute approximate surface area is 124 Å². The van der Waals surface area contributed by atoms with E-state index in [1.54, 1.807) is 12.1 Å². The van der Waals surface area contributed by atoms with Gasteiger partial charge in [-0.3, -0.25) is 9.69 Å². The van der Waals surface area contributed by atoms with E-state index in [0.717, 1.165) is 31.2 Å². The molecule has 0 spiro atoms. The van der Waals surface area contributed by atoms with Crippen LogP contribution in [0.4, 0.5) is 4.39 Å². The zero-order chi connectivity index (χ0) is 15.4. The van der Waals surface area contributed by atoms with Crippen molar-refractivity contribution in [2.24, 2.45) is 0 Å². The molecule has 1 saturated carbocycles. The van der Waals surface area contributed by atoms with Crippen LogP contribution in [0.2, 0.25) is 0 Å². The van der Waals surface area contributed by atoms with Crippen molar-refractivity contribution in [2.75, 3.05) is 13.7 Å². The van der Waals surface area contributed by atoms with Crippen molar-refractivity contribution in [1.29, 1.82) is 0 Å². The molecule has 0 heterocycles. The van der Waals surface area contributed by atoms with Gasteiger partial charge in [0.2, 0.25) is 0 Å². The van der Waals surface area contributed by atoms with Crippen LogP contribution < -0.4 is 4.74 Å². The molecule has 21 heavy (non-hydrogen) atoms. The second-order valence-corrected chi connectivity index (χ2v) is 5.57. The van der Waals surface area contributed by atoms with Crippen LogP contribution in [0.15, 0.2) is 18.2 Å². The van der Waals surface area contributed by atoms with Crippen LogP contribution in [0.3, 0.4) is 0 Å². The summed E-state index contributed by atoms with van der Waals surface area (Å²) < 4.78 is 18.8. The Kier molecular flexibility index (Phi) is 5.17. The first-order chi connectivity index (χ1) is 10.0. The number of hydrogen-bond acceptors (Lipinski definition) is 3. The average molecular weight is 295 g/mol. The third-order valence-corrected chi connectivity index (χ3v) is 4.27. The average Bonchev–Trinajstić information content (AvgIpc) is 2.97. The minimum Gasteiger partial charge on any atom is -0.494 e. The predicted molar refractivity (Wildman–Crippen MR) is 78.0 cm³/mol. The van der Waals surface area contributed by atoms with Gasteiger partial charge in [-0.25, -0.2) is 4.39 Å². The number of carboxylic acid groups (broad SMARTS) is 1. The maximum Gasteiger partial charge on any atom is 0.317 e. The smallest absolute Gasteiger partial charge is 0.317 e. The van der Waals surface area contributed by atoms with Crippen molar-refractivity contribution >= 4 is 5.97 Å². The summed E-state index contributed by atoms with van der Waals surface area (Å²) >= 11 is 0. The lowest BCUT2D eigenvalue weighted by Crippen LogP contribution is -2.39. The molecule has 0 bridgehead atoms. The second kappa shape index (κ2) is 6.89. The number of ether oxygens (including phenoxy) is 1. The van der Waals surface area contributed by atoms with Crippen molar-refractivity contribution in [3.63, 3.8) is 0 Å². The van der Waals surface area contributed by atoms with E-state index in [1.807, 2.05) is 11.8 Å². The summed E-state index contributed by atoms with van der Waals surface area (Å²) in [5.74, 6) is -1.05. The quantitative estimate of drug-likeness (QED) is 0.875. The number of nitrogens with zero attached hydrogens (tertiary/aromatic N) is 1. The predicted octanol–water partition coefficient (Wildman–Crippen LogP) is 3.22. The summed E-state index contributed by atoms with van der Waals surface area (Å²) in [5.41, 5.74) is 0.779. The van der Waals surface area contributed by atoms with Crippen LogP contribution in [0.5, 0.6) is 5.75 Å². The van der Waals surface area contributed by atoms with Crippen LogP contribution in [0.1, 0.15) is 44.2 Å². The summed E-state index contributed by atoms with van der Waals surface area (Å²) in [6.07, 6.45) is 4.28. The lowest BCUT2D eigenvalue weighted by molar-refractivity contribution is -0.139. The molecule has 1 aromatic carbocycles. The third-order valence-electron chi connectivity index (χ3n) is 4.27. The minimum absolute atomic E-state index is 0.0144. The van der Waals surface area contributed by atoms with Gasteiger partial charge in [-0.15, -0.1) is 0 Å². The first kappa shape index (κ1) is 15.8. The van der Waals surface area contributed by atoms with Crippen molar-refractivity contribution in [1.82, 2.24) is 4.90 Å². The van der Waals surface area contributed by atoms with Crippen LogP contribution in [-0.4, -0.2) is 35.7 Å². The fraction of sp³-hybridized carbons (Fsp3) is 0.562. The minimum atomic E-state index is -0.845. The fourth-order valence-corrected chi connectivity index (χ4v) is 3.11. The van der Waals surface area contributed by atoms with Crippen molar-refractivity contribution in [3.05, 3.63) is 29.6 Å². The van der Waals surface area contributed by atoms with Gasteiger partial charge < -0.3 is 9.84 Å². The van der Waals surface area contributed by atoms with E-state index in [2.05, 4.69) is 0 Å². The molecule has 4 nitrogen and oxygen atoms in total. The van der Waals surface area contributed by atoms with E-state index < -0.39 is 11.8 Å². The molecule has 1 fully saturated rings. The van der Waals surface area contributed by atoms with Crippen LogP contribution >= 0.6 is 0 Å². The Bertz CT molecular complexity index is 500. The Hall–Kier alpha value is -1.62. The molecule has 116 valence electrons. The maximum atomic E-state index is 13.9. The Balaban J connectivity index is 2.21. The van der Waals surface area contributed by atoms with Crippen LogP contribution in [0, 0.1) is 5.82 Å². The van der Waals surface area contributed by atoms with Gasteiger partial charge in [-0.1, -0.05) is 18.9 Å². The number of aliphatic carboxylic acids is 1. The highest BCUT2D eigenvalue weighted by molar-refractivity contribution is 5.69. The maximum absolute atomic E-state index is 13.9. The van der Waals surface area contributed by atoms with E-state index in [0.29, 0.717) is 0 Å². The summed E-state index contributed by atoms with van der Waals surface area (Å²) in [6, 6.07) is 4.96. The zero-order valence-electron chi connectivity index (χ0n) is 12.5. The first-order valence-corrected chi connectivity index (χ1v) is 7.34. The summed E-state index contributed by atoms with van der Waals surface area (Å²) in [7, 11) is 1.43. The topological polar surface area (TPSA) is 49.8 Å². The number of benzene rings is 1. The van der Waals surface area contributed by atoms with Gasteiger partial charge in [0.05, 0.1) is 13.7 Å². The number of methoxy groups -OCH3 is 1. The van der Waals surface area contributed by atoms with Crippen molar-refractivity contribution < 1.29 is 19.0 Å². The highest BCUT2D eigenvalue weighted by atomic mass is 19.1. The molecule has 0 radical (unpaired) electrons. The molecule has 0 saturated heterocycles. The van der Waals surface area contributed by atoms with E-state index in [-0.39, 0.29) is 24.4 Å². The monoisotopic (exact) mass is 295 g/mol. The number of rotatable bonds is 6. The third kappa shape index (κ3) is 3.73. The normalized spacial score (nSPS) is 17.1. The summed E-state index contributed by atoms with van der Waals surface area (Å²) in [6.45, 7) is 1.92. The molecule has 1 N–H and O–H groups in total. The molecule has 1 unspecified atom stereocenters. The van der Waals surface area contributed by atoms with E-state index in [9.17, 15) is 9.18 Å². The van der Waals surface area contributed by atoms with E-state index >= 15 is 0 Å². The van der Waals surface area contributed by atoms with Gasteiger partial charge in [0, 0.05) is 12.1 Å². The van der Waals surface area contributed by atoms with Gasteiger partial charge in [-0.2, -0.15) is 0 Å². The second-order valence-electron chi connectivity index (χ2n) is 5.57. The molecular weight excluding hydrogens is 273 g/mol. The fourth-order valence-electron chi connectivity index (χ4n) is 3.11. The van der Waals surface area contributed by atoms with Crippen LogP contribution in [-0.2, 0) is 4.79 Å². The molecule has 0 aromatic heterocycles. The SMILES string of the molecule is COc1ccc(C(C)N(CC(=O)O)C2CCCC2)cc1F. The van der Waals surface area contributed by atoms with Gasteiger partial charge in [-0.05, 0) is 37.5 Å². The number of carbonyl (C=O) groups is 1. The lowest BCUT2D eigenvalue weighted by atomic mass is 10.0. The zero-order valence-corrected chi connectivity index (χ0v) is 12.5. The van der Waals surface area contributed by atoms with Crippen LogP contribution in [0.25, 0.3) is 0 Å². The van der Waals surface area contributed by atoms with E-state index in [4.69, 9.17) is 9.84 Å². The number of hydrogen-bond donors (Lipinski definition) is 1. The largest absolute Gasteiger partial charge is 0.494 e. The highest BCUT2D eigenvalue weighted by Crippen LogP contribution is 2.32. The summed E-state index contributed by atoms with van der Waals surface area (Å²) in [4.78, 5) is 13.1. The van der Waals surface area contributed by atoms with Gasteiger partial charge in [0.25, 0.3) is 0 Å².